The molecule has 0 unspecified atom stereocenters. The monoisotopic (exact) mass is 191 g/mol. The molecule has 4 nitrogen and oxygen atoms in total. The molecule has 0 amide bonds. The summed E-state index contributed by atoms with van der Waals surface area (Å²) < 4.78 is 4.83. The van der Waals surface area contributed by atoms with Crippen molar-refractivity contribution in [3.63, 3.8) is 0 Å². The lowest BCUT2D eigenvalue weighted by molar-refractivity contribution is 0.379. The molecule has 0 atom stereocenters. The average Bonchev–Trinajstić information content (AvgIpc) is 2.25. The van der Waals surface area contributed by atoms with Crippen LogP contribution in [0.1, 0.15) is 18.4 Å². The number of nitrogens with two attached hydrogens (primary N) is 1. The van der Waals surface area contributed by atoms with Crippen LogP contribution in [0.4, 0.5) is 0 Å². The largest absolute Gasteiger partial charge is 0.467 e. The highest BCUT2D eigenvalue weighted by Crippen LogP contribution is 1.99. The number of rotatable bonds is 3. The van der Waals surface area contributed by atoms with Crippen LogP contribution in [-0.4, -0.2) is 23.6 Å². The smallest absolute Gasteiger partial charge is 0.316 e. The molecule has 0 saturated carbocycles. The van der Waals surface area contributed by atoms with Gasteiger partial charge in [-0.3, -0.25) is 0 Å². The second-order valence-corrected chi connectivity index (χ2v) is 2.65. The normalized spacial score (nSPS) is 9.00. The molecule has 2 N–H and O–H groups in total. The highest BCUT2D eigenvalue weighted by molar-refractivity contribution is 5.29. The van der Waals surface area contributed by atoms with E-state index in [4.69, 9.17) is 10.5 Å². The van der Waals surface area contributed by atoms with Crippen LogP contribution < -0.4 is 10.5 Å². The van der Waals surface area contributed by atoms with Crippen LogP contribution >= 0.6 is 0 Å². The fourth-order valence-corrected chi connectivity index (χ4v) is 0.841. The quantitative estimate of drug-likeness (QED) is 0.560. The van der Waals surface area contributed by atoms with E-state index in [-0.39, 0.29) is 0 Å². The van der Waals surface area contributed by atoms with Crippen LogP contribution in [0.5, 0.6) is 6.01 Å². The van der Waals surface area contributed by atoms with E-state index < -0.39 is 0 Å². The topological polar surface area (TPSA) is 61.0 Å². The minimum atomic E-state index is 0.359. The lowest BCUT2D eigenvalue weighted by Gasteiger charge is -1.94. The van der Waals surface area contributed by atoms with E-state index in [9.17, 15) is 0 Å². The molecule has 0 bridgehead atoms. The number of nitrogens with zero attached hydrogens (tertiary/aromatic N) is 2. The summed E-state index contributed by atoms with van der Waals surface area (Å²) in [5, 5.41) is 0. The van der Waals surface area contributed by atoms with Crippen molar-refractivity contribution in [3.05, 3.63) is 18.0 Å². The van der Waals surface area contributed by atoms with Gasteiger partial charge >= 0.3 is 6.01 Å². The van der Waals surface area contributed by atoms with Gasteiger partial charge in [-0.05, 0) is 13.0 Å². The van der Waals surface area contributed by atoms with Crippen molar-refractivity contribution in [1.29, 1.82) is 0 Å². The fourth-order valence-electron chi connectivity index (χ4n) is 0.841. The Hall–Kier alpha value is -1.60. The molecule has 0 aliphatic heterocycles. The molecule has 0 spiro atoms. The van der Waals surface area contributed by atoms with Crippen molar-refractivity contribution < 1.29 is 4.74 Å². The van der Waals surface area contributed by atoms with Gasteiger partial charge in [-0.15, -0.1) is 0 Å². The molecule has 0 radical (unpaired) electrons. The van der Waals surface area contributed by atoms with E-state index in [1.807, 2.05) is 0 Å². The lowest BCUT2D eigenvalue weighted by Crippen LogP contribution is -1.96. The highest BCUT2D eigenvalue weighted by Gasteiger charge is 1.92. The summed E-state index contributed by atoms with van der Waals surface area (Å²) in [4.78, 5) is 7.87. The maximum atomic E-state index is 5.34. The molecule has 4 heteroatoms. The van der Waals surface area contributed by atoms with E-state index >= 15 is 0 Å². The molecule has 0 fully saturated rings. The molecule has 74 valence electrons. The zero-order valence-electron chi connectivity index (χ0n) is 8.16. The molecule has 1 aromatic rings. The number of methoxy groups -OCH3 is 1. The van der Waals surface area contributed by atoms with Gasteiger partial charge in [0.05, 0.1) is 12.7 Å². The highest BCUT2D eigenvalue weighted by atomic mass is 16.5. The molecule has 1 heterocycles. The molecule has 1 rings (SSSR count). The summed E-state index contributed by atoms with van der Waals surface area (Å²) in [5.74, 6) is 5.93. The summed E-state index contributed by atoms with van der Waals surface area (Å²) in [6, 6.07) is 0.359. The number of unbranched alkanes of at least 4 members (excludes halogenated alkanes) is 1. The first-order chi connectivity index (χ1) is 6.86. The van der Waals surface area contributed by atoms with Gasteiger partial charge in [0.2, 0.25) is 0 Å². The van der Waals surface area contributed by atoms with E-state index in [0.717, 1.165) is 18.4 Å². The molecular formula is C10H13N3O. The Morgan fingerprint density at radius 2 is 2.14 bits per heavy atom. The first-order valence-electron chi connectivity index (χ1n) is 4.42. The van der Waals surface area contributed by atoms with Crippen molar-refractivity contribution in [3.8, 4) is 17.9 Å². The molecule has 0 aromatic carbocycles. The van der Waals surface area contributed by atoms with Crippen LogP contribution in [0.2, 0.25) is 0 Å². The van der Waals surface area contributed by atoms with Crippen LogP contribution in [-0.2, 0) is 0 Å². The third-order valence-electron chi connectivity index (χ3n) is 1.55. The fraction of sp³-hybridized carbons (Fsp3) is 0.400. The Bertz CT molecular complexity index is 323. The zero-order chi connectivity index (χ0) is 10.2. The summed E-state index contributed by atoms with van der Waals surface area (Å²) in [6.07, 6.45) is 5.01. The Balaban J connectivity index is 2.53. The maximum Gasteiger partial charge on any atom is 0.316 e. The molecule has 0 aliphatic rings. The number of aromatic nitrogens is 2. The van der Waals surface area contributed by atoms with Gasteiger partial charge in [-0.1, -0.05) is 11.8 Å². The van der Waals surface area contributed by atoms with Crippen LogP contribution in [0.3, 0.4) is 0 Å². The minimum Gasteiger partial charge on any atom is -0.467 e. The summed E-state index contributed by atoms with van der Waals surface area (Å²) in [7, 11) is 1.53. The third-order valence-corrected chi connectivity index (χ3v) is 1.55. The van der Waals surface area contributed by atoms with E-state index in [1.165, 1.54) is 7.11 Å². The Morgan fingerprint density at radius 3 is 2.71 bits per heavy atom. The number of ether oxygens (including phenoxy) is 1. The standard InChI is InChI=1S/C10H13N3O/c1-14-10-12-7-9(8-13-10)5-3-2-4-6-11/h7-8H,2,4,6,11H2,1H3. The molecule has 0 aliphatic carbocycles. The second kappa shape index (κ2) is 5.95. The van der Waals surface area contributed by atoms with Crippen molar-refractivity contribution in [2.75, 3.05) is 13.7 Å². The number of hydrogen-bond acceptors (Lipinski definition) is 4. The van der Waals surface area contributed by atoms with E-state index in [1.54, 1.807) is 12.4 Å². The van der Waals surface area contributed by atoms with Gasteiger partial charge in [0.15, 0.2) is 0 Å². The summed E-state index contributed by atoms with van der Waals surface area (Å²) >= 11 is 0. The SMILES string of the molecule is COc1ncc(C#CCCCN)cn1. The molecule has 14 heavy (non-hydrogen) atoms. The summed E-state index contributed by atoms with van der Waals surface area (Å²) in [5.41, 5.74) is 6.13. The Kier molecular flexibility index (Phi) is 4.45. The average molecular weight is 191 g/mol. The van der Waals surface area contributed by atoms with Gasteiger partial charge in [-0.25, -0.2) is 9.97 Å². The lowest BCUT2D eigenvalue weighted by atomic mass is 10.3. The predicted molar refractivity (Wildman–Crippen MR) is 53.8 cm³/mol. The molecular weight excluding hydrogens is 178 g/mol. The van der Waals surface area contributed by atoms with Crippen LogP contribution in [0, 0.1) is 11.8 Å². The maximum absolute atomic E-state index is 5.34. The van der Waals surface area contributed by atoms with Crippen LogP contribution in [0.25, 0.3) is 0 Å². The van der Waals surface area contributed by atoms with Crippen molar-refractivity contribution in [2.24, 2.45) is 5.73 Å². The predicted octanol–water partition coefficient (Wildman–Crippen LogP) is 0.576. The summed E-state index contributed by atoms with van der Waals surface area (Å²) in [6.45, 7) is 0.674. The van der Waals surface area contributed by atoms with Crippen molar-refractivity contribution >= 4 is 0 Å². The number of hydrogen-bond donors (Lipinski definition) is 1. The van der Waals surface area contributed by atoms with Gasteiger partial charge in [0.1, 0.15) is 0 Å². The van der Waals surface area contributed by atoms with Gasteiger partial charge < -0.3 is 10.5 Å². The van der Waals surface area contributed by atoms with Gasteiger partial charge in [0, 0.05) is 18.8 Å². The van der Waals surface area contributed by atoms with Gasteiger partial charge in [-0.2, -0.15) is 0 Å². The van der Waals surface area contributed by atoms with E-state index in [0.29, 0.717) is 12.6 Å². The molecule has 1 aromatic heterocycles. The zero-order valence-corrected chi connectivity index (χ0v) is 8.16. The van der Waals surface area contributed by atoms with Crippen LogP contribution in [0.15, 0.2) is 12.4 Å². The van der Waals surface area contributed by atoms with E-state index in [2.05, 4.69) is 21.8 Å². The minimum absolute atomic E-state index is 0.359. The first-order valence-corrected chi connectivity index (χ1v) is 4.42. The Labute approximate surface area is 83.5 Å². The Morgan fingerprint density at radius 1 is 1.43 bits per heavy atom. The second-order valence-electron chi connectivity index (χ2n) is 2.65. The third kappa shape index (κ3) is 3.42. The first kappa shape index (κ1) is 10.5. The van der Waals surface area contributed by atoms with Crippen molar-refractivity contribution in [2.45, 2.75) is 12.8 Å². The van der Waals surface area contributed by atoms with Crippen molar-refractivity contribution in [1.82, 2.24) is 9.97 Å². The van der Waals surface area contributed by atoms with Gasteiger partial charge in [0.25, 0.3) is 0 Å². The molecule has 0 saturated heterocycles.